The molecule has 1 N–H and O–H groups in total. The molecule has 1 aromatic rings. The zero-order chi connectivity index (χ0) is 6.69. The largest absolute Gasteiger partial charge is 0.504 e. The molecular weight excluding hydrogens is 116 g/mol. The van der Waals surface area contributed by atoms with E-state index in [0.717, 1.165) is 0 Å². The standard InChI is InChI=1S/C7H7O2/c1-9-7-5-3-2-4-6(7)8/h2,4-5,8H,1H3. The number of phenolic OH excluding ortho intramolecular Hbond substituents is 1. The molecular formula is C7H7O2. The van der Waals surface area contributed by atoms with Crippen LogP contribution in [0.1, 0.15) is 0 Å². The van der Waals surface area contributed by atoms with Crippen LogP contribution < -0.4 is 4.74 Å². The molecule has 0 heterocycles. The summed E-state index contributed by atoms with van der Waals surface area (Å²) in [5, 5.41) is 8.97. The lowest BCUT2D eigenvalue weighted by atomic mass is 10.3. The smallest absolute Gasteiger partial charge is 0.161 e. The van der Waals surface area contributed by atoms with E-state index in [-0.39, 0.29) is 5.75 Å². The van der Waals surface area contributed by atoms with Crippen molar-refractivity contribution in [1.82, 2.24) is 0 Å². The van der Waals surface area contributed by atoms with E-state index in [2.05, 4.69) is 6.07 Å². The van der Waals surface area contributed by atoms with Crippen LogP contribution in [0.3, 0.4) is 0 Å². The van der Waals surface area contributed by atoms with Crippen LogP contribution in [0.25, 0.3) is 0 Å². The third-order valence-corrected chi connectivity index (χ3v) is 1.02. The van der Waals surface area contributed by atoms with Gasteiger partial charge in [-0.3, -0.25) is 0 Å². The lowest BCUT2D eigenvalue weighted by Crippen LogP contribution is -1.81. The van der Waals surface area contributed by atoms with Crippen molar-refractivity contribution in [2.24, 2.45) is 0 Å². The highest BCUT2D eigenvalue weighted by atomic mass is 16.5. The molecule has 9 heavy (non-hydrogen) atoms. The van der Waals surface area contributed by atoms with E-state index in [4.69, 9.17) is 9.84 Å². The number of aromatic hydroxyl groups is 1. The minimum Gasteiger partial charge on any atom is -0.504 e. The van der Waals surface area contributed by atoms with Crippen molar-refractivity contribution in [1.29, 1.82) is 0 Å². The number of hydrogen-bond donors (Lipinski definition) is 1. The molecule has 0 unspecified atom stereocenters. The molecule has 1 radical (unpaired) electrons. The Labute approximate surface area is 53.7 Å². The molecule has 1 aromatic carbocycles. The molecule has 0 saturated carbocycles. The maximum Gasteiger partial charge on any atom is 0.161 e. The summed E-state index contributed by atoms with van der Waals surface area (Å²) < 4.78 is 4.76. The third-order valence-electron chi connectivity index (χ3n) is 1.02. The molecule has 47 valence electrons. The van der Waals surface area contributed by atoms with Gasteiger partial charge in [-0.1, -0.05) is 6.07 Å². The van der Waals surface area contributed by atoms with Crippen LogP contribution in [0, 0.1) is 6.07 Å². The molecule has 1 rings (SSSR count). The first-order chi connectivity index (χ1) is 4.34. The lowest BCUT2D eigenvalue weighted by Gasteiger charge is -1.98. The Kier molecular flexibility index (Phi) is 1.58. The van der Waals surface area contributed by atoms with Crippen LogP contribution in [0.2, 0.25) is 0 Å². The van der Waals surface area contributed by atoms with Gasteiger partial charge in [-0.25, -0.2) is 0 Å². The second kappa shape index (κ2) is 2.40. The Bertz CT molecular complexity index is 196. The maximum absolute atomic E-state index is 8.97. The molecule has 2 nitrogen and oxygen atoms in total. The summed E-state index contributed by atoms with van der Waals surface area (Å²) in [6, 6.07) is 7.50. The van der Waals surface area contributed by atoms with E-state index in [0.29, 0.717) is 5.75 Å². The second-order valence-corrected chi connectivity index (χ2v) is 1.60. The fourth-order valence-electron chi connectivity index (χ4n) is 0.570. The zero-order valence-corrected chi connectivity index (χ0v) is 5.09. The van der Waals surface area contributed by atoms with Gasteiger partial charge in [0, 0.05) is 0 Å². The van der Waals surface area contributed by atoms with E-state index < -0.39 is 0 Å². The summed E-state index contributed by atoms with van der Waals surface area (Å²) in [5.74, 6) is 0.605. The average molecular weight is 123 g/mol. The quantitative estimate of drug-likeness (QED) is 0.608. The number of benzene rings is 1. The first-order valence-electron chi connectivity index (χ1n) is 2.57. The summed E-state index contributed by atoms with van der Waals surface area (Å²) in [5.41, 5.74) is 0. The molecule has 2 heteroatoms. The predicted octanol–water partition coefficient (Wildman–Crippen LogP) is 1.20. The van der Waals surface area contributed by atoms with E-state index in [1.54, 1.807) is 12.1 Å². The molecule has 0 saturated heterocycles. The number of rotatable bonds is 1. The van der Waals surface area contributed by atoms with Crippen LogP contribution in [0.5, 0.6) is 11.5 Å². The van der Waals surface area contributed by atoms with Crippen molar-refractivity contribution >= 4 is 0 Å². The van der Waals surface area contributed by atoms with Gasteiger partial charge in [0.1, 0.15) is 0 Å². The second-order valence-electron chi connectivity index (χ2n) is 1.60. The molecule has 0 fully saturated rings. The first kappa shape index (κ1) is 5.95. The van der Waals surface area contributed by atoms with Gasteiger partial charge in [0.25, 0.3) is 0 Å². The molecule has 0 aromatic heterocycles. The van der Waals surface area contributed by atoms with Gasteiger partial charge in [0.05, 0.1) is 7.11 Å². The maximum atomic E-state index is 8.97. The minimum atomic E-state index is 0.149. The highest BCUT2D eigenvalue weighted by Gasteiger charge is 1.94. The molecule has 0 spiro atoms. The minimum absolute atomic E-state index is 0.149. The van der Waals surface area contributed by atoms with Gasteiger partial charge in [-0.2, -0.15) is 0 Å². The highest BCUT2D eigenvalue weighted by molar-refractivity contribution is 5.37. The SMILES string of the molecule is COc1c[c]ccc1O. The molecule has 0 amide bonds. The van der Waals surface area contributed by atoms with Gasteiger partial charge in [0.2, 0.25) is 0 Å². The van der Waals surface area contributed by atoms with Crippen LogP contribution >= 0.6 is 0 Å². The van der Waals surface area contributed by atoms with Gasteiger partial charge in [-0.05, 0) is 18.2 Å². The van der Waals surface area contributed by atoms with Crippen molar-refractivity contribution < 1.29 is 9.84 Å². The van der Waals surface area contributed by atoms with Crippen LogP contribution in [-0.4, -0.2) is 12.2 Å². The number of ether oxygens (including phenoxy) is 1. The van der Waals surface area contributed by atoms with Gasteiger partial charge >= 0.3 is 0 Å². The molecule has 0 aliphatic rings. The van der Waals surface area contributed by atoms with E-state index in [9.17, 15) is 0 Å². The number of phenols is 1. The summed E-state index contributed by atoms with van der Waals surface area (Å²) in [4.78, 5) is 0. The molecule has 0 aliphatic carbocycles. The van der Waals surface area contributed by atoms with Gasteiger partial charge < -0.3 is 9.84 Å². The Morgan fingerprint density at radius 3 is 2.89 bits per heavy atom. The highest BCUT2D eigenvalue weighted by Crippen LogP contribution is 2.22. The predicted molar refractivity (Wildman–Crippen MR) is 33.5 cm³/mol. The average Bonchev–Trinajstić information content (AvgIpc) is 1.89. The summed E-state index contributed by atoms with van der Waals surface area (Å²) in [6.45, 7) is 0. The third kappa shape index (κ3) is 1.13. The first-order valence-corrected chi connectivity index (χ1v) is 2.57. The monoisotopic (exact) mass is 123 g/mol. The Morgan fingerprint density at radius 1 is 1.67 bits per heavy atom. The molecule has 0 atom stereocenters. The Hall–Kier alpha value is -1.18. The Morgan fingerprint density at radius 2 is 2.44 bits per heavy atom. The molecule has 0 aliphatic heterocycles. The Balaban J connectivity index is 3.01. The van der Waals surface area contributed by atoms with Crippen molar-refractivity contribution in [2.75, 3.05) is 7.11 Å². The lowest BCUT2D eigenvalue weighted by molar-refractivity contribution is 0.373. The van der Waals surface area contributed by atoms with Crippen LogP contribution in [0.4, 0.5) is 0 Å². The van der Waals surface area contributed by atoms with Crippen molar-refractivity contribution in [3.8, 4) is 11.5 Å². The van der Waals surface area contributed by atoms with Gasteiger partial charge in [-0.15, -0.1) is 0 Å². The molecule has 0 bridgehead atoms. The van der Waals surface area contributed by atoms with E-state index >= 15 is 0 Å². The summed E-state index contributed by atoms with van der Waals surface area (Å²) >= 11 is 0. The van der Waals surface area contributed by atoms with Crippen molar-refractivity contribution in [2.45, 2.75) is 0 Å². The number of hydrogen-bond acceptors (Lipinski definition) is 2. The fourth-order valence-corrected chi connectivity index (χ4v) is 0.570. The number of methoxy groups -OCH3 is 1. The summed E-state index contributed by atoms with van der Waals surface area (Å²) in [7, 11) is 1.50. The summed E-state index contributed by atoms with van der Waals surface area (Å²) in [6.07, 6.45) is 0. The zero-order valence-electron chi connectivity index (χ0n) is 5.09. The van der Waals surface area contributed by atoms with Crippen LogP contribution in [-0.2, 0) is 0 Å². The van der Waals surface area contributed by atoms with Gasteiger partial charge in [0.15, 0.2) is 11.5 Å². The fraction of sp³-hybridized carbons (Fsp3) is 0.143. The van der Waals surface area contributed by atoms with E-state index in [1.807, 2.05) is 0 Å². The van der Waals surface area contributed by atoms with Crippen molar-refractivity contribution in [3.63, 3.8) is 0 Å². The van der Waals surface area contributed by atoms with E-state index in [1.165, 1.54) is 13.2 Å². The van der Waals surface area contributed by atoms with Crippen molar-refractivity contribution in [3.05, 3.63) is 24.3 Å². The topological polar surface area (TPSA) is 29.5 Å². The van der Waals surface area contributed by atoms with Crippen LogP contribution in [0.15, 0.2) is 18.2 Å². The normalized spacial score (nSPS) is 9.00.